The van der Waals surface area contributed by atoms with Crippen LogP contribution in [-0.2, 0) is 17.7 Å². The van der Waals surface area contributed by atoms with Gasteiger partial charge in [0.15, 0.2) is 0 Å². The van der Waals surface area contributed by atoms with Crippen LogP contribution in [0.4, 0.5) is 0 Å². The summed E-state index contributed by atoms with van der Waals surface area (Å²) < 4.78 is 7.41. The van der Waals surface area contributed by atoms with Crippen molar-refractivity contribution in [3.63, 3.8) is 0 Å². The van der Waals surface area contributed by atoms with Crippen molar-refractivity contribution in [2.45, 2.75) is 58.3 Å². The fourth-order valence-electron chi connectivity index (χ4n) is 2.04. The third-order valence-corrected chi connectivity index (χ3v) is 2.96. The molecule has 0 fully saturated rings. The molecule has 1 heterocycles. The highest BCUT2D eigenvalue weighted by Gasteiger charge is 2.20. The maximum absolute atomic E-state index is 10.1. The molecule has 17 heavy (non-hydrogen) atoms. The van der Waals surface area contributed by atoms with Gasteiger partial charge in [0.25, 0.3) is 0 Å². The van der Waals surface area contributed by atoms with Crippen molar-refractivity contribution in [1.29, 1.82) is 0 Å². The Morgan fingerprint density at radius 1 is 1.41 bits per heavy atom. The smallest absolute Gasteiger partial charge is 0.111 e. The van der Waals surface area contributed by atoms with E-state index in [1.54, 1.807) is 13.3 Å². The molecule has 2 atom stereocenters. The first-order valence-electron chi connectivity index (χ1n) is 6.43. The van der Waals surface area contributed by atoms with Crippen molar-refractivity contribution in [3.8, 4) is 0 Å². The van der Waals surface area contributed by atoms with E-state index in [-0.39, 0.29) is 6.10 Å². The lowest BCUT2D eigenvalue weighted by Crippen LogP contribution is -2.30. The molecule has 0 aliphatic carbocycles. The van der Waals surface area contributed by atoms with Crippen molar-refractivity contribution < 1.29 is 9.84 Å². The summed E-state index contributed by atoms with van der Waals surface area (Å²) in [4.78, 5) is 4.30. The zero-order valence-electron chi connectivity index (χ0n) is 11.1. The molecule has 0 radical (unpaired) electrons. The van der Waals surface area contributed by atoms with Gasteiger partial charge in [0.1, 0.15) is 5.82 Å². The van der Waals surface area contributed by atoms with Crippen LogP contribution >= 0.6 is 0 Å². The van der Waals surface area contributed by atoms with Gasteiger partial charge in [-0.2, -0.15) is 0 Å². The second-order valence-corrected chi connectivity index (χ2v) is 4.37. The van der Waals surface area contributed by atoms with Gasteiger partial charge in [-0.1, -0.05) is 20.3 Å². The van der Waals surface area contributed by atoms with Gasteiger partial charge in [-0.25, -0.2) is 4.98 Å². The van der Waals surface area contributed by atoms with Crippen LogP contribution in [0.15, 0.2) is 12.4 Å². The molecule has 0 saturated carbocycles. The average Bonchev–Trinajstić information content (AvgIpc) is 2.74. The first kappa shape index (κ1) is 14.2. The fraction of sp³-hybridized carbons (Fsp3) is 0.769. The van der Waals surface area contributed by atoms with Crippen LogP contribution in [0.3, 0.4) is 0 Å². The number of hydrogen-bond donors (Lipinski definition) is 1. The maximum atomic E-state index is 10.1. The van der Waals surface area contributed by atoms with E-state index in [2.05, 4.69) is 23.4 Å². The molecule has 0 aliphatic rings. The molecule has 1 N–H and O–H groups in total. The molecule has 2 unspecified atom stereocenters. The van der Waals surface area contributed by atoms with Gasteiger partial charge in [0, 0.05) is 32.5 Å². The predicted octanol–water partition coefficient (Wildman–Crippen LogP) is 2.01. The van der Waals surface area contributed by atoms with E-state index in [1.807, 2.05) is 6.20 Å². The van der Waals surface area contributed by atoms with Gasteiger partial charge in [0.2, 0.25) is 0 Å². The summed E-state index contributed by atoms with van der Waals surface area (Å²) in [6, 6.07) is 0. The third-order valence-electron chi connectivity index (χ3n) is 2.96. The molecule has 1 aromatic rings. The number of aliphatic hydroxyl groups is 1. The minimum atomic E-state index is -0.474. The van der Waals surface area contributed by atoms with Crippen molar-refractivity contribution >= 4 is 0 Å². The molecule has 0 aliphatic heterocycles. The molecule has 0 bridgehead atoms. The van der Waals surface area contributed by atoms with E-state index in [0.29, 0.717) is 6.42 Å². The van der Waals surface area contributed by atoms with Crippen molar-refractivity contribution in [1.82, 2.24) is 9.55 Å². The van der Waals surface area contributed by atoms with E-state index < -0.39 is 6.10 Å². The third kappa shape index (κ3) is 4.13. The van der Waals surface area contributed by atoms with Gasteiger partial charge in [-0.15, -0.1) is 0 Å². The zero-order valence-corrected chi connectivity index (χ0v) is 11.1. The Bertz CT molecular complexity index is 312. The minimum Gasteiger partial charge on any atom is -0.390 e. The molecular formula is C13H24N2O2. The summed E-state index contributed by atoms with van der Waals surface area (Å²) in [6.45, 7) is 5.18. The quantitative estimate of drug-likeness (QED) is 0.756. The maximum Gasteiger partial charge on any atom is 0.111 e. The van der Waals surface area contributed by atoms with Crippen LogP contribution in [0, 0.1) is 0 Å². The Labute approximate surface area is 104 Å². The number of aliphatic hydroxyl groups excluding tert-OH is 1. The van der Waals surface area contributed by atoms with Crippen molar-refractivity contribution in [2.24, 2.45) is 0 Å². The molecule has 1 rings (SSSR count). The Morgan fingerprint density at radius 3 is 2.76 bits per heavy atom. The standard InChI is InChI=1S/C13H24N2O2/c1-4-6-12(17-3)11(16)10-13-14-7-9-15(13)8-5-2/h7,9,11-12,16H,4-6,8,10H2,1-3H3. The summed E-state index contributed by atoms with van der Waals surface area (Å²) in [5.41, 5.74) is 0. The second kappa shape index (κ2) is 7.45. The minimum absolute atomic E-state index is 0.0909. The Hall–Kier alpha value is -0.870. The van der Waals surface area contributed by atoms with E-state index >= 15 is 0 Å². The van der Waals surface area contributed by atoms with Gasteiger partial charge in [0.05, 0.1) is 12.2 Å². The normalized spacial score (nSPS) is 14.8. The molecule has 98 valence electrons. The topological polar surface area (TPSA) is 47.3 Å². The number of aromatic nitrogens is 2. The van der Waals surface area contributed by atoms with Gasteiger partial charge < -0.3 is 14.4 Å². The number of imidazole rings is 1. The Balaban J connectivity index is 2.59. The monoisotopic (exact) mass is 240 g/mol. The average molecular weight is 240 g/mol. The highest BCUT2D eigenvalue weighted by atomic mass is 16.5. The summed E-state index contributed by atoms with van der Waals surface area (Å²) in [6.07, 6.45) is 6.72. The highest BCUT2D eigenvalue weighted by Crippen LogP contribution is 2.11. The van der Waals surface area contributed by atoms with Crippen LogP contribution in [0.1, 0.15) is 38.9 Å². The highest BCUT2D eigenvalue weighted by molar-refractivity contribution is 4.95. The van der Waals surface area contributed by atoms with Crippen molar-refractivity contribution in [3.05, 3.63) is 18.2 Å². The molecule has 4 heteroatoms. The van der Waals surface area contributed by atoms with Crippen molar-refractivity contribution in [2.75, 3.05) is 7.11 Å². The number of methoxy groups -OCH3 is 1. The van der Waals surface area contributed by atoms with Gasteiger partial charge in [-0.05, 0) is 12.8 Å². The number of hydrogen-bond acceptors (Lipinski definition) is 3. The lowest BCUT2D eigenvalue weighted by Gasteiger charge is -2.21. The van der Waals surface area contributed by atoms with Crippen LogP contribution in [-0.4, -0.2) is 34.0 Å². The largest absolute Gasteiger partial charge is 0.390 e. The Morgan fingerprint density at radius 2 is 2.18 bits per heavy atom. The second-order valence-electron chi connectivity index (χ2n) is 4.37. The molecule has 0 aromatic carbocycles. The van der Waals surface area contributed by atoms with E-state index in [1.165, 1.54) is 0 Å². The zero-order chi connectivity index (χ0) is 12.7. The van der Waals surface area contributed by atoms with E-state index in [4.69, 9.17) is 4.74 Å². The summed E-state index contributed by atoms with van der Waals surface area (Å²) >= 11 is 0. The van der Waals surface area contributed by atoms with Crippen LogP contribution in [0.2, 0.25) is 0 Å². The van der Waals surface area contributed by atoms with E-state index in [9.17, 15) is 5.11 Å². The fourth-order valence-corrected chi connectivity index (χ4v) is 2.04. The van der Waals surface area contributed by atoms with Crippen LogP contribution < -0.4 is 0 Å². The molecule has 4 nitrogen and oxygen atoms in total. The first-order valence-corrected chi connectivity index (χ1v) is 6.43. The molecule has 0 saturated heterocycles. The number of nitrogens with zero attached hydrogens (tertiary/aromatic N) is 2. The van der Waals surface area contributed by atoms with Crippen LogP contribution in [0.5, 0.6) is 0 Å². The first-order chi connectivity index (χ1) is 8.22. The molecule has 1 aromatic heterocycles. The van der Waals surface area contributed by atoms with E-state index in [0.717, 1.165) is 31.6 Å². The summed E-state index contributed by atoms with van der Waals surface area (Å²) in [5, 5.41) is 10.1. The summed E-state index contributed by atoms with van der Waals surface area (Å²) in [7, 11) is 1.65. The molecule has 0 amide bonds. The number of ether oxygens (including phenoxy) is 1. The Kier molecular flexibility index (Phi) is 6.22. The SMILES string of the molecule is CCCC(OC)C(O)Cc1nccn1CCC. The predicted molar refractivity (Wildman–Crippen MR) is 67.9 cm³/mol. The summed E-state index contributed by atoms with van der Waals surface area (Å²) in [5.74, 6) is 0.942. The molecule has 0 spiro atoms. The lowest BCUT2D eigenvalue weighted by atomic mass is 10.1. The van der Waals surface area contributed by atoms with Gasteiger partial charge >= 0.3 is 0 Å². The lowest BCUT2D eigenvalue weighted by molar-refractivity contribution is -0.0171. The number of aryl methyl sites for hydroxylation is 1. The van der Waals surface area contributed by atoms with Crippen LogP contribution in [0.25, 0.3) is 0 Å². The van der Waals surface area contributed by atoms with Gasteiger partial charge in [-0.3, -0.25) is 0 Å². The number of rotatable bonds is 8. The molecular weight excluding hydrogens is 216 g/mol.